The van der Waals surface area contributed by atoms with E-state index in [-0.39, 0.29) is 23.1 Å². The molecule has 0 aliphatic heterocycles. The minimum absolute atomic E-state index is 0.0195. The Balaban J connectivity index is 2.04. The number of hydrogen-bond donors (Lipinski definition) is 2. The van der Waals surface area contributed by atoms with E-state index in [2.05, 4.69) is 5.32 Å². The standard InChI is InChI=1S/C13H16Cl2FNO/c1-8(17-6-13(7-18)2-3-13)9-4-12(16)11(15)5-10(9)14/h4-5,8,17-18H,2-3,6-7H2,1H3. The molecule has 0 radical (unpaired) electrons. The van der Waals surface area contributed by atoms with Gasteiger partial charge in [-0.25, -0.2) is 4.39 Å². The number of aliphatic hydroxyl groups is 1. The molecule has 0 bridgehead atoms. The van der Waals surface area contributed by atoms with E-state index in [1.165, 1.54) is 12.1 Å². The lowest BCUT2D eigenvalue weighted by molar-refractivity contribution is 0.204. The number of nitrogens with one attached hydrogen (secondary N) is 1. The van der Waals surface area contributed by atoms with E-state index in [4.69, 9.17) is 23.2 Å². The predicted molar refractivity (Wildman–Crippen MR) is 71.6 cm³/mol. The number of rotatable bonds is 5. The molecule has 1 aromatic carbocycles. The van der Waals surface area contributed by atoms with Gasteiger partial charge in [0, 0.05) is 29.6 Å². The first kappa shape index (κ1) is 14.1. The Morgan fingerprint density at radius 3 is 2.61 bits per heavy atom. The molecule has 2 N–H and O–H groups in total. The fourth-order valence-electron chi connectivity index (χ4n) is 1.92. The summed E-state index contributed by atoms with van der Waals surface area (Å²) in [6, 6.07) is 2.71. The molecule has 0 spiro atoms. The largest absolute Gasteiger partial charge is 0.396 e. The van der Waals surface area contributed by atoms with Crippen LogP contribution in [0.4, 0.5) is 4.39 Å². The highest BCUT2D eigenvalue weighted by Gasteiger charge is 2.41. The number of hydrogen-bond acceptors (Lipinski definition) is 2. The maximum atomic E-state index is 13.4. The quantitative estimate of drug-likeness (QED) is 0.813. The van der Waals surface area contributed by atoms with Crippen molar-refractivity contribution in [1.82, 2.24) is 5.32 Å². The third-order valence-corrected chi connectivity index (χ3v) is 4.20. The van der Waals surface area contributed by atoms with Gasteiger partial charge in [0.1, 0.15) is 5.82 Å². The van der Waals surface area contributed by atoms with Crippen molar-refractivity contribution in [2.24, 2.45) is 5.41 Å². The molecular formula is C13H16Cl2FNO. The van der Waals surface area contributed by atoms with Gasteiger partial charge in [0.05, 0.1) is 5.02 Å². The van der Waals surface area contributed by atoms with E-state index in [0.717, 1.165) is 12.8 Å². The summed E-state index contributed by atoms with van der Waals surface area (Å²) in [5, 5.41) is 13.0. The number of aliphatic hydroxyl groups excluding tert-OH is 1. The topological polar surface area (TPSA) is 32.3 Å². The van der Waals surface area contributed by atoms with Gasteiger partial charge >= 0.3 is 0 Å². The third kappa shape index (κ3) is 2.97. The molecule has 1 aromatic rings. The maximum absolute atomic E-state index is 13.4. The van der Waals surface area contributed by atoms with Gasteiger partial charge in [0.15, 0.2) is 0 Å². The Hall–Kier alpha value is -0.350. The molecule has 0 saturated heterocycles. The summed E-state index contributed by atoms with van der Waals surface area (Å²) in [7, 11) is 0. The van der Waals surface area contributed by atoms with Crippen LogP contribution in [-0.2, 0) is 0 Å². The van der Waals surface area contributed by atoms with Crippen LogP contribution >= 0.6 is 23.2 Å². The van der Waals surface area contributed by atoms with Crippen LogP contribution in [0.1, 0.15) is 31.4 Å². The molecule has 100 valence electrons. The second-order valence-electron chi connectivity index (χ2n) is 5.05. The molecule has 18 heavy (non-hydrogen) atoms. The molecule has 0 heterocycles. The van der Waals surface area contributed by atoms with E-state index in [9.17, 15) is 9.50 Å². The highest BCUT2D eigenvalue weighted by Crippen LogP contribution is 2.44. The Labute approximate surface area is 116 Å². The van der Waals surface area contributed by atoms with Crippen LogP contribution in [0.2, 0.25) is 10.0 Å². The molecule has 1 atom stereocenters. The first-order chi connectivity index (χ1) is 8.47. The minimum atomic E-state index is -0.465. The van der Waals surface area contributed by atoms with Crippen molar-refractivity contribution in [1.29, 1.82) is 0 Å². The van der Waals surface area contributed by atoms with Gasteiger partial charge in [0.25, 0.3) is 0 Å². The van der Waals surface area contributed by atoms with Crippen LogP contribution in [0.15, 0.2) is 12.1 Å². The fourth-order valence-corrected chi connectivity index (χ4v) is 2.46. The number of halogens is 3. The zero-order valence-corrected chi connectivity index (χ0v) is 11.7. The van der Waals surface area contributed by atoms with Crippen molar-refractivity contribution in [3.63, 3.8) is 0 Å². The van der Waals surface area contributed by atoms with Crippen molar-refractivity contribution >= 4 is 23.2 Å². The van der Waals surface area contributed by atoms with Crippen LogP contribution in [-0.4, -0.2) is 18.3 Å². The highest BCUT2D eigenvalue weighted by molar-refractivity contribution is 6.35. The predicted octanol–water partition coefficient (Wildman–Crippen LogP) is 3.56. The molecule has 1 aliphatic carbocycles. The van der Waals surface area contributed by atoms with E-state index < -0.39 is 5.82 Å². The molecule has 1 unspecified atom stereocenters. The first-order valence-corrected chi connectivity index (χ1v) is 6.72. The van der Waals surface area contributed by atoms with Crippen molar-refractivity contribution in [3.8, 4) is 0 Å². The summed E-state index contributed by atoms with van der Waals surface area (Å²) in [4.78, 5) is 0. The van der Waals surface area contributed by atoms with Crippen LogP contribution in [0.5, 0.6) is 0 Å². The third-order valence-electron chi connectivity index (χ3n) is 3.58. The SMILES string of the molecule is CC(NCC1(CO)CC1)c1cc(F)c(Cl)cc1Cl. The van der Waals surface area contributed by atoms with Crippen LogP contribution in [0, 0.1) is 11.2 Å². The first-order valence-electron chi connectivity index (χ1n) is 5.96. The summed E-state index contributed by atoms with van der Waals surface area (Å²) in [5.41, 5.74) is 0.707. The van der Waals surface area contributed by atoms with Crippen molar-refractivity contribution < 1.29 is 9.50 Å². The average molecular weight is 292 g/mol. The van der Waals surface area contributed by atoms with Gasteiger partial charge in [-0.3, -0.25) is 0 Å². The number of benzene rings is 1. The monoisotopic (exact) mass is 291 g/mol. The van der Waals surface area contributed by atoms with Gasteiger partial charge in [-0.05, 0) is 37.5 Å². The smallest absolute Gasteiger partial charge is 0.142 e. The molecule has 2 rings (SSSR count). The zero-order chi connectivity index (χ0) is 13.3. The molecule has 1 aliphatic rings. The average Bonchev–Trinajstić information content (AvgIpc) is 3.11. The molecular weight excluding hydrogens is 276 g/mol. The summed E-state index contributed by atoms with van der Waals surface area (Å²) in [5.74, 6) is -0.465. The molecule has 1 saturated carbocycles. The normalized spacial score (nSPS) is 18.7. The lowest BCUT2D eigenvalue weighted by Gasteiger charge is -2.20. The Morgan fingerprint density at radius 2 is 2.06 bits per heavy atom. The van der Waals surface area contributed by atoms with E-state index >= 15 is 0 Å². The summed E-state index contributed by atoms with van der Waals surface area (Å²) < 4.78 is 13.4. The summed E-state index contributed by atoms with van der Waals surface area (Å²) in [6.45, 7) is 2.82. The van der Waals surface area contributed by atoms with E-state index in [0.29, 0.717) is 17.1 Å². The van der Waals surface area contributed by atoms with Crippen LogP contribution in [0.3, 0.4) is 0 Å². The lowest BCUT2D eigenvalue weighted by atomic mass is 10.1. The van der Waals surface area contributed by atoms with Crippen LogP contribution < -0.4 is 5.32 Å². The Kier molecular flexibility index (Phi) is 4.17. The maximum Gasteiger partial charge on any atom is 0.142 e. The molecule has 0 aromatic heterocycles. The van der Waals surface area contributed by atoms with Crippen molar-refractivity contribution in [2.75, 3.05) is 13.2 Å². The minimum Gasteiger partial charge on any atom is -0.396 e. The summed E-state index contributed by atoms with van der Waals surface area (Å²) >= 11 is 11.7. The second kappa shape index (κ2) is 5.33. The van der Waals surface area contributed by atoms with Crippen molar-refractivity contribution in [3.05, 3.63) is 33.6 Å². The molecule has 5 heteroatoms. The van der Waals surface area contributed by atoms with Gasteiger partial charge in [-0.1, -0.05) is 23.2 Å². The Morgan fingerprint density at radius 1 is 1.39 bits per heavy atom. The fraction of sp³-hybridized carbons (Fsp3) is 0.538. The van der Waals surface area contributed by atoms with E-state index in [1.54, 1.807) is 0 Å². The Bertz CT molecular complexity index is 449. The van der Waals surface area contributed by atoms with Gasteiger partial charge < -0.3 is 10.4 Å². The second-order valence-corrected chi connectivity index (χ2v) is 5.86. The van der Waals surface area contributed by atoms with Gasteiger partial charge in [0.2, 0.25) is 0 Å². The lowest BCUT2D eigenvalue weighted by Crippen LogP contribution is -2.29. The van der Waals surface area contributed by atoms with Gasteiger partial charge in [-0.15, -0.1) is 0 Å². The highest BCUT2D eigenvalue weighted by atomic mass is 35.5. The zero-order valence-electron chi connectivity index (χ0n) is 10.1. The summed E-state index contributed by atoms with van der Waals surface area (Å²) in [6.07, 6.45) is 2.07. The van der Waals surface area contributed by atoms with Crippen LogP contribution in [0.25, 0.3) is 0 Å². The molecule has 0 amide bonds. The van der Waals surface area contributed by atoms with Gasteiger partial charge in [-0.2, -0.15) is 0 Å². The molecule has 1 fully saturated rings. The van der Waals surface area contributed by atoms with E-state index in [1.807, 2.05) is 6.92 Å². The molecule has 2 nitrogen and oxygen atoms in total. The van der Waals surface area contributed by atoms with Crippen molar-refractivity contribution in [2.45, 2.75) is 25.8 Å².